The largest absolute Gasteiger partial charge is 0.481 e. The van der Waals surface area contributed by atoms with Gasteiger partial charge in [0.05, 0.1) is 44.8 Å². The molecule has 6 aromatic rings. The predicted octanol–water partition coefficient (Wildman–Crippen LogP) is 5.98. The third kappa shape index (κ3) is 30.5. The van der Waals surface area contributed by atoms with Crippen LogP contribution >= 0.6 is 24.8 Å². The number of likely N-dealkylation sites (tertiary alicyclic amines) is 3. The quantitative estimate of drug-likeness (QED) is 0.00600. The average molecular weight is 1390 g/mol. The van der Waals surface area contributed by atoms with Crippen molar-refractivity contribution in [3.8, 4) is 0 Å². The van der Waals surface area contributed by atoms with E-state index in [0.717, 1.165) is 86.2 Å². The van der Waals surface area contributed by atoms with Gasteiger partial charge in [-0.3, -0.25) is 43.5 Å². The molecule has 0 radical (unpaired) electrons. The van der Waals surface area contributed by atoms with E-state index in [0.29, 0.717) is 18.6 Å². The lowest BCUT2D eigenvalue weighted by atomic mass is 10.2. The molecule has 0 unspecified atom stereocenters. The standard InChI is InChI=1S/C19H18N2O4.C12H13NO6.C12H11NO5.C11H12N2O2.C11H16N2.C4H10N2.2ClH/c22-18-11-17(19(23)21(18)12-15-7-3-1-4-8-15)20-14-25-24-13-16-9-5-2-6-10-16;14-10(15)6-9(11(16)17)13-12(18)19-7-8-4-2-1-3-5-8;14-11-6-10(12(15)18-11)13-8-17-16-7-9-4-2-1-3-5-9;12-9-6-10(14)13(11(9)15)7-8-4-2-1-3-5-8;12-11-6-7-13(9-11)8-10-4-2-1-3-5-10;5-4-1-2-6-3-4;;/h1-10,14,17H,11-13H2;1-5,9H,6-7H2,(H,13,18)(H,14,15)(H,16,17);1-5,8,10H,6-7H2;1-5,9H,6-7,12H2;1-5,11H,6-9,12H2;4,6H,1-3,5H2;2*1H/t17-;9-;10-;9-;11-;4-;;/m000000../s1. The number of nitrogens with one attached hydrogen (secondary N) is 2. The number of hydrogen-bond donors (Lipinski definition) is 7. The van der Waals surface area contributed by atoms with Crippen molar-refractivity contribution in [3.63, 3.8) is 0 Å². The Morgan fingerprint density at radius 1 is 0.561 bits per heavy atom. The Bertz CT molecular complexity index is 3460. The van der Waals surface area contributed by atoms with Crippen LogP contribution in [0.5, 0.6) is 0 Å². The molecule has 98 heavy (non-hydrogen) atoms. The average Bonchev–Trinajstić information content (AvgIpc) is 1.70. The number of carboxylic acids is 2. The minimum Gasteiger partial charge on any atom is -0.481 e. The minimum absolute atomic E-state index is 0. The van der Waals surface area contributed by atoms with Crippen LogP contribution in [0.3, 0.4) is 0 Å². The molecule has 5 aliphatic heterocycles. The second-order valence-electron chi connectivity index (χ2n) is 22.1. The Kier molecular flexibility index (Phi) is 36.9. The summed E-state index contributed by atoms with van der Waals surface area (Å²) in [5, 5.41) is 22.3. The number of amides is 5. The fraction of sp³-hybridized carbons (Fsp3) is 0.319. The highest BCUT2D eigenvalue weighted by molar-refractivity contribution is 6.06. The summed E-state index contributed by atoms with van der Waals surface area (Å²) in [6.45, 7) is 6.47. The molecule has 10 N–H and O–H groups in total. The van der Waals surface area contributed by atoms with E-state index in [9.17, 15) is 43.2 Å². The van der Waals surface area contributed by atoms with Gasteiger partial charge in [0, 0.05) is 38.3 Å². The fourth-order valence-electron chi connectivity index (χ4n) is 9.35. The summed E-state index contributed by atoms with van der Waals surface area (Å²) in [5.74, 6) is -5.01. The van der Waals surface area contributed by atoms with Gasteiger partial charge in [0.25, 0.3) is 5.91 Å². The van der Waals surface area contributed by atoms with E-state index < -0.39 is 60.6 Å². The van der Waals surface area contributed by atoms with Crippen LogP contribution in [0.1, 0.15) is 71.9 Å². The molecule has 29 heteroatoms. The SMILES string of the molecule is Cl.Cl.N[C@H]1CC(=O)N(Cc2ccccc2)C1=O.N[C@H]1CCN(Cc2ccccc2)C1.N[C@H]1CCNC1.O=C(O)C[C@H](NC(=O)OCc1ccccc1)C(=O)O.O=C1C[C@H](N=COOCc2ccccc2)C(=O)N1Cc1ccccc1.O=C1C[C@H](N=COOCc2ccccc2)C(=O)O1. The summed E-state index contributed by atoms with van der Waals surface area (Å²) >= 11 is 0. The monoisotopic (exact) mass is 1390 g/mol. The van der Waals surface area contributed by atoms with E-state index in [-0.39, 0.29) is 94.1 Å². The van der Waals surface area contributed by atoms with Crippen LogP contribution in [0.15, 0.2) is 192 Å². The van der Waals surface area contributed by atoms with Crippen LogP contribution in [0.25, 0.3) is 0 Å². The second kappa shape index (κ2) is 44.8. The summed E-state index contributed by atoms with van der Waals surface area (Å²) in [6.07, 6.45) is 2.80. The summed E-state index contributed by atoms with van der Waals surface area (Å²) in [7, 11) is 0. The Balaban J connectivity index is 0.000000257. The van der Waals surface area contributed by atoms with Crippen molar-refractivity contribution >= 4 is 91.2 Å². The molecule has 11 rings (SSSR count). The summed E-state index contributed by atoms with van der Waals surface area (Å²) in [5.41, 5.74) is 22.7. The van der Waals surface area contributed by atoms with E-state index >= 15 is 0 Å². The number of ether oxygens (including phenoxy) is 2. The number of aliphatic carboxylic acids is 2. The highest BCUT2D eigenvalue weighted by Crippen LogP contribution is 2.20. The number of aliphatic imine (C=N–C) groups is 2. The van der Waals surface area contributed by atoms with Crippen molar-refractivity contribution < 1.29 is 82.4 Å². The molecular formula is C69H82Cl2N10O17. The van der Waals surface area contributed by atoms with Gasteiger partial charge in [-0.05, 0) is 52.8 Å². The van der Waals surface area contributed by atoms with Gasteiger partial charge < -0.3 is 57.3 Å². The zero-order valence-electron chi connectivity index (χ0n) is 53.6. The molecule has 0 aromatic heterocycles. The molecule has 0 aliphatic carbocycles. The molecular weight excluding hydrogens is 1310 g/mol. The van der Waals surface area contributed by atoms with Crippen LogP contribution in [0, 0.1) is 0 Å². The van der Waals surface area contributed by atoms with Crippen LogP contribution in [-0.2, 0) is 107 Å². The van der Waals surface area contributed by atoms with Crippen LogP contribution in [-0.4, -0.2) is 154 Å². The van der Waals surface area contributed by atoms with Gasteiger partial charge in [-0.2, -0.15) is 9.78 Å². The number of esters is 2. The van der Waals surface area contributed by atoms with Crippen molar-refractivity contribution in [1.29, 1.82) is 0 Å². The molecule has 5 aliphatic rings. The third-order valence-electron chi connectivity index (χ3n) is 14.4. The summed E-state index contributed by atoms with van der Waals surface area (Å²) in [4.78, 5) is 133. The number of carboxylic acid groups (broad SMARTS) is 2. The number of halogens is 2. The van der Waals surface area contributed by atoms with E-state index in [2.05, 4.69) is 60.2 Å². The van der Waals surface area contributed by atoms with Gasteiger partial charge in [-0.25, -0.2) is 24.4 Å². The highest BCUT2D eigenvalue weighted by atomic mass is 35.5. The number of nitrogens with two attached hydrogens (primary N) is 3. The Morgan fingerprint density at radius 2 is 1.00 bits per heavy atom. The number of rotatable bonds is 22. The topological polar surface area (TPSA) is 386 Å². The van der Waals surface area contributed by atoms with Gasteiger partial charge in [0.15, 0.2) is 6.04 Å². The molecule has 27 nitrogen and oxygen atoms in total. The number of benzene rings is 6. The van der Waals surface area contributed by atoms with E-state index in [4.69, 9.17) is 46.8 Å². The molecule has 5 saturated heterocycles. The zero-order valence-corrected chi connectivity index (χ0v) is 55.2. The summed E-state index contributed by atoms with van der Waals surface area (Å²) in [6, 6.07) is 54.2. The Morgan fingerprint density at radius 3 is 1.38 bits per heavy atom. The van der Waals surface area contributed by atoms with E-state index in [1.807, 2.05) is 127 Å². The normalized spacial score (nSPS) is 18.7. The number of imide groups is 2. The molecule has 5 heterocycles. The van der Waals surface area contributed by atoms with Crippen molar-refractivity contribution in [2.75, 3.05) is 26.2 Å². The van der Waals surface area contributed by atoms with Crippen molar-refractivity contribution in [1.82, 2.24) is 25.3 Å². The number of hydrogen-bond acceptors (Lipinski definition) is 22. The molecule has 5 fully saturated rings. The number of carbonyl (C=O) groups is 9. The van der Waals surface area contributed by atoms with Crippen LogP contribution in [0.4, 0.5) is 4.79 Å². The Hall–Kier alpha value is -9.81. The van der Waals surface area contributed by atoms with Crippen LogP contribution in [0.2, 0.25) is 0 Å². The third-order valence-corrected chi connectivity index (χ3v) is 14.4. The first-order valence-electron chi connectivity index (χ1n) is 30.7. The van der Waals surface area contributed by atoms with Crippen LogP contribution < -0.4 is 27.8 Å². The number of cyclic esters (lactones) is 2. The zero-order chi connectivity index (χ0) is 68.9. The molecule has 0 saturated carbocycles. The fourth-order valence-corrected chi connectivity index (χ4v) is 9.35. The molecule has 5 amide bonds. The highest BCUT2D eigenvalue weighted by Gasteiger charge is 2.39. The number of nitrogens with zero attached hydrogens (tertiary/aromatic N) is 5. The number of alkyl carbamates (subject to hydrolysis) is 1. The molecule has 0 bridgehead atoms. The van der Waals surface area contributed by atoms with Crippen molar-refractivity contribution in [2.45, 2.75) is 114 Å². The summed E-state index contributed by atoms with van der Waals surface area (Å²) < 4.78 is 9.10. The van der Waals surface area contributed by atoms with Gasteiger partial charge in [-0.15, -0.1) is 24.8 Å². The Labute approximate surface area is 579 Å². The first-order valence-corrected chi connectivity index (χ1v) is 30.7. The van der Waals surface area contributed by atoms with Crippen molar-refractivity contribution in [2.24, 2.45) is 27.2 Å². The first-order chi connectivity index (χ1) is 46.4. The maximum Gasteiger partial charge on any atom is 0.408 e. The van der Waals surface area contributed by atoms with Gasteiger partial charge in [-0.1, -0.05) is 182 Å². The maximum absolute atomic E-state index is 12.3. The lowest BCUT2D eigenvalue weighted by Crippen LogP contribution is -2.42. The molecule has 524 valence electrons. The molecule has 6 aromatic carbocycles. The minimum atomic E-state index is -1.51. The molecule has 0 spiro atoms. The van der Waals surface area contributed by atoms with Gasteiger partial charge in [0.2, 0.25) is 30.5 Å². The molecule has 6 atom stereocenters. The first kappa shape index (κ1) is 80.6. The predicted molar refractivity (Wildman–Crippen MR) is 364 cm³/mol. The van der Waals surface area contributed by atoms with Crippen molar-refractivity contribution in [3.05, 3.63) is 215 Å². The number of carbonyl (C=O) groups excluding carboxylic acids is 7. The van der Waals surface area contributed by atoms with Gasteiger partial charge in [0.1, 0.15) is 31.9 Å². The van der Waals surface area contributed by atoms with E-state index in [1.165, 1.54) is 15.4 Å². The smallest absolute Gasteiger partial charge is 0.408 e. The second-order valence-corrected chi connectivity index (χ2v) is 22.1. The lowest BCUT2D eigenvalue weighted by molar-refractivity contribution is -0.227. The lowest BCUT2D eigenvalue weighted by Gasteiger charge is -2.14. The van der Waals surface area contributed by atoms with Gasteiger partial charge >= 0.3 is 30.0 Å². The maximum atomic E-state index is 12.3. The van der Waals surface area contributed by atoms with E-state index in [1.54, 1.807) is 30.3 Å².